The van der Waals surface area contributed by atoms with Crippen molar-refractivity contribution in [2.45, 2.75) is 11.4 Å². The number of nitrogens with one attached hydrogen (secondary N) is 1. The van der Waals surface area contributed by atoms with Gasteiger partial charge in [0.25, 0.3) is 5.56 Å². The van der Waals surface area contributed by atoms with Crippen LogP contribution in [0, 0.1) is 0 Å². The van der Waals surface area contributed by atoms with Gasteiger partial charge in [0.15, 0.2) is 23.0 Å². The van der Waals surface area contributed by atoms with E-state index in [2.05, 4.69) is 4.98 Å². The highest BCUT2D eigenvalue weighted by Gasteiger charge is 2.27. The van der Waals surface area contributed by atoms with Crippen LogP contribution in [0.15, 0.2) is 46.1 Å². The standard InChI is InChI=1S/C21H20N2O8S/c24-4-3-23(32(26,27)15-1-2-17-19(9-15)29-6-5-28-17)11-14-7-13-8-18-20(31-12-30-18)10-16(13)22-21(14)25/h1-2,7-10,24H,3-6,11-12H2,(H,22,25). The number of hydrogen-bond donors (Lipinski definition) is 2. The zero-order valence-electron chi connectivity index (χ0n) is 16.9. The van der Waals surface area contributed by atoms with Gasteiger partial charge in [0, 0.05) is 36.2 Å². The summed E-state index contributed by atoms with van der Waals surface area (Å²) in [6.45, 7) is -0.0101. The molecule has 0 atom stereocenters. The zero-order chi connectivity index (χ0) is 22.3. The van der Waals surface area contributed by atoms with Gasteiger partial charge in [0.1, 0.15) is 13.2 Å². The van der Waals surface area contributed by atoms with Crippen molar-refractivity contribution >= 4 is 20.9 Å². The number of fused-ring (bicyclic) bond motifs is 3. The molecule has 2 aromatic carbocycles. The van der Waals surface area contributed by atoms with Gasteiger partial charge in [0.2, 0.25) is 16.8 Å². The molecule has 10 nitrogen and oxygen atoms in total. The Hall–Kier alpha value is -3.28. The first-order valence-electron chi connectivity index (χ1n) is 9.92. The fourth-order valence-corrected chi connectivity index (χ4v) is 5.10. The van der Waals surface area contributed by atoms with Crippen LogP contribution in [0.25, 0.3) is 10.9 Å². The molecule has 0 saturated carbocycles. The van der Waals surface area contributed by atoms with Crippen molar-refractivity contribution in [1.82, 2.24) is 9.29 Å². The quantitative estimate of drug-likeness (QED) is 0.562. The first kappa shape index (κ1) is 20.6. The smallest absolute Gasteiger partial charge is 0.252 e. The normalized spacial score (nSPS) is 14.8. The molecule has 0 unspecified atom stereocenters. The number of aromatic nitrogens is 1. The average Bonchev–Trinajstić information content (AvgIpc) is 3.24. The van der Waals surface area contributed by atoms with Crippen LogP contribution >= 0.6 is 0 Å². The molecule has 0 radical (unpaired) electrons. The maximum absolute atomic E-state index is 13.3. The molecule has 3 heterocycles. The second-order valence-corrected chi connectivity index (χ2v) is 9.22. The third kappa shape index (κ3) is 3.64. The van der Waals surface area contributed by atoms with E-state index in [1.807, 2.05) is 0 Å². The molecule has 1 aromatic heterocycles. The van der Waals surface area contributed by atoms with Gasteiger partial charge in [-0.25, -0.2) is 8.42 Å². The second-order valence-electron chi connectivity index (χ2n) is 7.28. The number of ether oxygens (including phenoxy) is 4. The van der Waals surface area contributed by atoms with Crippen LogP contribution in [-0.2, 0) is 16.6 Å². The van der Waals surface area contributed by atoms with Gasteiger partial charge >= 0.3 is 0 Å². The molecule has 5 rings (SSSR count). The van der Waals surface area contributed by atoms with E-state index in [0.717, 1.165) is 4.31 Å². The number of hydrogen-bond acceptors (Lipinski definition) is 8. The Morgan fingerprint density at radius 3 is 2.44 bits per heavy atom. The van der Waals surface area contributed by atoms with Crippen LogP contribution in [0.3, 0.4) is 0 Å². The van der Waals surface area contributed by atoms with E-state index in [4.69, 9.17) is 18.9 Å². The highest BCUT2D eigenvalue weighted by atomic mass is 32.2. The summed E-state index contributed by atoms with van der Waals surface area (Å²) in [5, 5.41) is 10.2. The summed E-state index contributed by atoms with van der Waals surface area (Å²) in [5.41, 5.74) is 0.342. The highest BCUT2D eigenvalue weighted by molar-refractivity contribution is 7.89. The van der Waals surface area contributed by atoms with E-state index >= 15 is 0 Å². The third-order valence-corrected chi connectivity index (χ3v) is 7.10. The lowest BCUT2D eigenvalue weighted by Crippen LogP contribution is -2.35. The molecule has 0 amide bonds. The summed E-state index contributed by atoms with van der Waals surface area (Å²) >= 11 is 0. The van der Waals surface area contributed by atoms with E-state index in [9.17, 15) is 18.3 Å². The topological polar surface area (TPSA) is 127 Å². The van der Waals surface area contributed by atoms with Crippen LogP contribution < -0.4 is 24.5 Å². The summed E-state index contributed by atoms with van der Waals surface area (Å²) in [6, 6.07) is 9.34. The fourth-order valence-electron chi connectivity index (χ4n) is 3.68. The monoisotopic (exact) mass is 460 g/mol. The van der Waals surface area contributed by atoms with Crippen LogP contribution in [0.1, 0.15) is 5.56 Å². The van der Waals surface area contributed by atoms with Gasteiger partial charge in [-0.3, -0.25) is 4.79 Å². The van der Waals surface area contributed by atoms with Crippen molar-refractivity contribution in [2.75, 3.05) is 33.2 Å². The van der Waals surface area contributed by atoms with Crippen molar-refractivity contribution in [3.63, 3.8) is 0 Å². The first-order chi connectivity index (χ1) is 15.5. The number of aliphatic hydroxyl groups is 1. The summed E-state index contributed by atoms with van der Waals surface area (Å²) in [5.74, 6) is 1.88. The van der Waals surface area contributed by atoms with Crippen LogP contribution in [-0.4, -0.2) is 56.0 Å². The number of aromatic amines is 1. The van der Waals surface area contributed by atoms with Gasteiger partial charge in [-0.2, -0.15) is 4.31 Å². The molecular formula is C21H20N2O8S. The fraction of sp³-hybridized carbons (Fsp3) is 0.286. The molecule has 0 fully saturated rings. The van der Waals surface area contributed by atoms with E-state index in [-0.39, 0.29) is 30.3 Å². The Bertz CT molecular complexity index is 1350. The average molecular weight is 460 g/mol. The minimum Gasteiger partial charge on any atom is -0.486 e. The maximum Gasteiger partial charge on any atom is 0.252 e. The number of aliphatic hydroxyl groups excluding tert-OH is 1. The lowest BCUT2D eigenvalue weighted by atomic mass is 10.1. The Morgan fingerprint density at radius 1 is 0.938 bits per heavy atom. The number of pyridine rings is 1. The Labute approximate surface area is 182 Å². The van der Waals surface area contributed by atoms with Crippen molar-refractivity contribution in [3.8, 4) is 23.0 Å². The van der Waals surface area contributed by atoms with Gasteiger partial charge in [0.05, 0.1) is 17.0 Å². The summed E-state index contributed by atoms with van der Waals surface area (Å²) in [7, 11) is -4.03. The Balaban J connectivity index is 1.50. The summed E-state index contributed by atoms with van der Waals surface area (Å²) in [6.07, 6.45) is 0. The number of sulfonamides is 1. The Morgan fingerprint density at radius 2 is 1.66 bits per heavy atom. The van der Waals surface area contributed by atoms with Crippen LogP contribution in [0.5, 0.6) is 23.0 Å². The third-order valence-electron chi connectivity index (χ3n) is 5.26. The number of rotatable bonds is 6. The Kier molecular flexibility index (Phi) is 5.16. The molecule has 3 aromatic rings. The van der Waals surface area contributed by atoms with E-state index in [1.54, 1.807) is 18.2 Å². The molecule has 0 aliphatic carbocycles. The van der Waals surface area contributed by atoms with Crippen molar-refractivity contribution in [3.05, 3.63) is 52.3 Å². The van der Waals surface area contributed by atoms with Gasteiger partial charge < -0.3 is 29.0 Å². The number of H-pyrrole nitrogens is 1. The maximum atomic E-state index is 13.3. The van der Waals surface area contributed by atoms with E-state index < -0.39 is 22.2 Å². The van der Waals surface area contributed by atoms with Crippen LogP contribution in [0.2, 0.25) is 0 Å². The van der Waals surface area contributed by atoms with E-state index in [0.29, 0.717) is 47.1 Å². The van der Waals surface area contributed by atoms with Crippen LogP contribution in [0.4, 0.5) is 0 Å². The number of benzene rings is 2. The second kappa shape index (κ2) is 8.01. The molecule has 2 N–H and O–H groups in total. The number of nitrogens with zero attached hydrogens (tertiary/aromatic N) is 1. The minimum absolute atomic E-state index is 0.0178. The summed E-state index contributed by atoms with van der Waals surface area (Å²) in [4.78, 5) is 15.4. The highest BCUT2D eigenvalue weighted by Crippen LogP contribution is 2.36. The lowest BCUT2D eigenvalue weighted by molar-refractivity contribution is 0.171. The van der Waals surface area contributed by atoms with Crippen molar-refractivity contribution in [1.29, 1.82) is 0 Å². The van der Waals surface area contributed by atoms with Crippen molar-refractivity contribution in [2.24, 2.45) is 0 Å². The first-order valence-corrected chi connectivity index (χ1v) is 11.4. The molecule has 2 aliphatic rings. The van der Waals surface area contributed by atoms with Crippen molar-refractivity contribution < 1.29 is 32.5 Å². The molecule has 32 heavy (non-hydrogen) atoms. The molecule has 0 bridgehead atoms. The molecule has 0 spiro atoms. The molecule has 2 aliphatic heterocycles. The molecule has 0 saturated heterocycles. The predicted molar refractivity (Wildman–Crippen MR) is 113 cm³/mol. The summed E-state index contributed by atoms with van der Waals surface area (Å²) < 4.78 is 49.3. The van der Waals surface area contributed by atoms with Gasteiger partial charge in [-0.15, -0.1) is 0 Å². The van der Waals surface area contributed by atoms with Gasteiger partial charge in [-0.05, 0) is 24.3 Å². The van der Waals surface area contributed by atoms with Gasteiger partial charge in [-0.1, -0.05) is 0 Å². The largest absolute Gasteiger partial charge is 0.486 e. The SMILES string of the molecule is O=c1[nH]c2cc3c(cc2cc1CN(CCO)S(=O)(=O)c1ccc2c(c1)OCCO2)OCO3. The molecule has 11 heteroatoms. The lowest BCUT2D eigenvalue weighted by Gasteiger charge is -2.23. The van der Waals surface area contributed by atoms with E-state index in [1.165, 1.54) is 18.2 Å². The zero-order valence-corrected chi connectivity index (χ0v) is 17.7. The molecular weight excluding hydrogens is 440 g/mol. The predicted octanol–water partition coefficient (Wildman–Crippen LogP) is 1.21. The minimum atomic E-state index is -4.03. The molecule has 168 valence electrons.